The maximum absolute atomic E-state index is 12.1. The van der Waals surface area contributed by atoms with Crippen molar-refractivity contribution in [1.29, 1.82) is 0 Å². The predicted molar refractivity (Wildman–Crippen MR) is 94.7 cm³/mol. The van der Waals surface area contributed by atoms with E-state index in [4.69, 9.17) is 0 Å². The first-order valence-corrected chi connectivity index (χ1v) is 8.23. The van der Waals surface area contributed by atoms with E-state index in [-0.39, 0.29) is 5.91 Å². The molecule has 3 nitrogen and oxygen atoms in total. The van der Waals surface area contributed by atoms with Gasteiger partial charge in [0.1, 0.15) is 0 Å². The molecule has 0 aromatic heterocycles. The van der Waals surface area contributed by atoms with E-state index in [9.17, 15) is 9.90 Å². The van der Waals surface area contributed by atoms with Crippen molar-refractivity contribution in [3.05, 3.63) is 70.8 Å². The highest BCUT2D eigenvalue weighted by atomic mass is 16.3. The molecule has 0 radical (unpaired) electrons. The van der Waals surface area contributed by atoms with Crippen LogP contribution in [0.5, 0.6) is 0 Å². The van der Waals surface area contributed by atoms with E-state index in [1.165, 1.54) is 5.56 Å². The maximum atomic E-state index is 12.1. The zero-order valence-corrected chi connectivity index (χ0v) is 13.8. The topological polar surface area (TPSA) is 49.3 Å². The summed E-state index contributed by atoms with van der Waals surface area (Å²) in [4.78, 5) is 12.1. The fourth-order valence-corrected chi connectivity index (χ4v) is 2.59. The maximum Gasteiger partial charge on any atom is 0.251 e. The molecular formula is C21H21NO2. The van der Waals surface area contributed by atoms with E-state index >= 15 is 0 Å². The summed E-state index contributed by atoms with van der Waals surface area (Å²) in [6, 6.07) is 15.3. The van der Waals surface area contributed by atoms with Gasteiger partial charge >= 0.3 is 0 Å². The number of carbonyl (C=O) groups is 1. The van der Waals surface area contributed by atoms with E-state index in [2.05, 4.69) is 17.2 Å². The smallest absolute Gasteiger partial charge is 0.251 e. The van der Waals surface area contributed by atoms with Gasteiger partial charge in [-0.3, -0.25) is 4.79 Å². The van der Waals surface area contributed by atoms with Crippen LogP contribution in [0.4, 0.5) is 0 Å². The molecule has 1 saturated carbocycles. The number of nitrogens with one attached hydrogen (secondary N) is 1. The number of aryl methyl sites for hydroxylation is 1. The summed E-state index contributed by atoms with van der Waals surface area (Å²) in [7, 11) is 0. The van der Waals surface area contributed by atoms with Crippen LogP contribution in [-0.2, 0) is 0 Å². The molecule has 2 aromatic carbocycles. The van der Waals surface area contributed by atoms with Crippen LogP contribution in [0.3, 0.4) is 0 Å². The Morgan fingerprint density at radius 2 is 1.58 bits per heavy atom. The zero-order chi connectivity index (χ0) is 17.0. The molecule has 1 aliphatic rings. The van der Waals surface area contributed by atoms with Gasteiger partial charge in [0.2, 0.25) is 0 Å². The van der Waals surface area contributed by atoms with Crippen molar-refractivity contribution in [3.8, 4) is 11.8 Å². The average molecular weight is 319 g/mol. The highest BCUT2D eigenvalue weighted by molar-refractivity contribution is 5.94. The number of rotatable bonds is 3. The highest BCUT2D eigenvalue weighted by Crippen LogP contribution is 2.30. The number of benzene rings is 2. The number of hydrogen-bond donors (Lipinski definition) is 2. The minimum atomic E-state index is -0.699. The molecule has 1 aliphatic carbocycles. The van der Waals surface area contributed by atoms with Gasteiger partial charge < -0.3 is 10.4 Å². The Labute approximate surface area is 142 Å². The van der Waals surface area contributed by atoms with Crippen molar-refractivity contribution in [1.82, 2.24) is 5.32 Å². The van der Waals surface area contributed by atoms with Gasteiger partial charge in [-0.15, -0.1) is 0 Å². The Bertz CT molecular complexity index is 775. The summed E-state index contributed by atoms with van der Waals surface area (Å²) in [5.41, 5.74) is 2.93. The Kier molecular flexibility index (Phi) is 4.69. The number of carbonyl (C=O) groups excluding carboxylic acids is 1. The Morgan fingerprint density at radius 1 is 1.04 bits per heavy atom. The van der Waals surface area contributed by atoms with Gasteiger partial charge in [-0.1, -0.05) is 29.5 Å². The van der Waals surface area contributed by atoms with Crippen LogP contribution in [0.1, 0.15) is 46.3 Å². The van der Waals surface area contributed by atoms with E-state index in [0.29, 0.717) is 12.1 Å². The summed E-state index contributed by atoms with van der Waals surface area (Å²) in [6.07, 6.45) is 2.56. The normalized spacial score (nSPS) is 14.9. The second kappa shape index (κ2) is 6.90. The summed E-state index contributed by atoms with van der Waals surface area (Å²) < 4.78 is 0. The molecule has 0 saturated heterocycles. The fraction of sp³-hybridized carbons (Fsp3) is 0.286. The molecule has 0 atom stereocenters. The molecule has 122 valence electrons. The predicted octanol–water partition coefficient (Wildman–Crippen LogP) is 3.04. The van der Waals surface area contributed by atoms with Gasteiger partial charge in [0.25, 0.3) is 5.91 Å². The lowest BCUT2D eigenvalue weighted by molar-refractivity contribution is -0.0300. The van der Waals surface area contributed by atoms with E-state index in [1.54, 1.807) is 12.1 Å². The third-order valence-electron chi connectivity index (χ3n) is 4.41. The largest absolute Gasteiger partial charge is 0.388 e. The third kappa shape index (κ3) is 4.04. The first-order valence-electron chi connectivity index (χ1n) is 8.23. The third-order valence-corrected chi connectivity index (χ3v) is 4.41. The van der Waals surface area contributed by atoms with E-state index in [0.717, 1.165) is 30.4 Å². The molecule has 2 aromatic rings. The molecule has 0 unspecified atom stereocenters. The molecular weight excluding hydrogens is 298 g/mol. The number of amides is 1. The SMILES string of the molecule is Cc1ccc(C#Cc2ccc(C(=O)NCC3(O)CCC3)cc2)cc1. The van der Waals surface area contributed by atoms with Crippen LogP contribution in [-0.4, -0.2) is 23.2 Å². The molecule has 2 N–H and O–H groups in total. The molecule has 0 heterocycles. The van der Waals surface area contributed by atoms with Crippen molar-refractivity contribution in [2.75, 3.05) is 6.54 Å². The average Bonchev–Trinajstić information content (AvgIpc) is 2.58. The molecule has 1 fully saturated rings. The number of aliphatic hydroxyl groups is 1. The molecule has 0 aliphatic heterocycles. The van der Waals surface area contributed by atoms with Crippen LogP contribution in [0.25, 0.3) is 0 Å². The fourth-order valence-electron chi connectivity index (χ4n) is 2.59. The summed E-state index contributed by atoms with van der Waals surface area (Å²) in [5, 5.41) is 12.8. The standard InChI is InChI=1S/C21H21NO2/c1-16-3-5-17(6-4-16)7-8-18-9-11-19(12-10-18)20(23)22-15-21(24)13-2-14-21/h3-6,9-12,24H,2,13-15H2,1H3,(H,22,23). The quantitative estimate of drug-likeness (QED) is 0.854. The molecule has 3 rings (SSSR count). The Morgan fingerprint density at radius 3 is 2.08 bits per heavy atom. The van der Waals surface area contributed by atoms with Crippen LogP contribution < -0.4 is 5.32 Å². The number of hydrogen-bond acceptors (Lipinski definition) is 2. The monoisotopic (exact) mass is 319 g/mol. The lowest BCUT2D eigenvalue weighted by atomic mass is 9.80. The van der Waals surface area contributed by atoms with Crippen molar-refractivity contribution in [2.45, 2.75) is 31.8 Å². The van der Waals surface area contributed by atoms with Crippen molar-refractivity contribution in [3.63, 3.8) is 0 Å². The van der Waals surface area contributed by atoms with Crippen molar-refractivity contribution >= 4 is 5.91 Å². The summed E-state index contributed by atoms with van der Waals surface area (Å²) >= 11 is 0. The van der Waals surface area contributed by atoms with Crippen LogP contribution in [0, 0.1) is 18.8 Å². The van der Waals surface area contributed by atoms with Gasteiger partial charge in [0, 0.05) is 23.2 Å². The molecule has 24 heavy (non-hydrogen) atoms. The first kappa shape index (κ1) is 16.3. The first-order chi connectivity index (χ1) is 11.5. The van der Waals surface area contributed by atoms with Gasteiger partial charge in [-0.05, 0) is 62.6 Å². The lowest BCUT2D eigenvalue weighted by Crippen LogP contribution is -2.47. The van der Waals surface area contributed by atoms with Crippen LogP contribution in [0.2, 0.25) is 0 Å². The van der Waals surface area contributed by atoms with Crippen molar-refractivity contribution in [2.24, 2.45) is 0 Å². The minimum absolute atomic E-state index is 0.159. The second-order valence-electron chi connectivity index (χ2n) is 6.45. The Hall–Kier alpha value is -2.57. The van der Waals surface area contributed by atoms with Gasteiger partial charge in [0.15, 0.2) is 0 Å². The van der Waals surface area contributed by atoms with Gasteiger partial charge in [0.05, 0.1) is 5.60 Å². The van der Waals surface area contributed by atoms with Crippen LogP contribution >= 0.6 is 0 Å². The minimum Gasteiger partial charge on any atom is -0.388 e. The van der Waals surface area contributed by atoms with Gasteiger partial charge in [-0.2, -0.15) is 0 Å². The van der Waals surface area contributed by atoms with Crippen LogP contribution in [0.15, 0.2) is 48.5 Å². The summed E-state index contributed by atoms with van der Waals surface area (Å²) in [5.74, 6) is 6.05. The van der Waals surface area contributed by atoms with Gasteiger partial charge in [-0.25, -0.2) is 0 Å². The molecule has 3 heteroatoms. The van der Waals surface area contributed by atoms with E-state index < -0.39 is 5.60 Å². The van der Waals surface area contributed by atoms with Crippen molar-refractivity contribution < 1.29 is 9.90 Å². The second-order valence-corrected chi connectivity index (χ2v) is 6.45. The lowest BCUT2D eigenvalue weighted by Gasteiger charge is -2.36. The zero-order valence-electron chi connectivity index (χ0n) is 13.8. The molecule has 0 bridgehead atoms. The molecule has 1 amide bonds. The summed E-state index contributed by atoms with van der Waals surface area (Å²) in [6.45, 7) is 2.37. The Balaban J connectivity index is 1.60. The highest BCUT2D eigenvalue weighted by Gasteiger charge is 2.34. The van der Waals surface area contributed by atoms with E-state index in [1.807, 2.05) is 43.3 Å². The molecule has 0 spiro atoms.